The molecule has 0 spiro atoms. The van der Waals surface area contributed by atoms with Crippen LogP contribution in [0, 0.1) is 0 Å². The number of carbonyl (C=O) groups is 1. The third-order valence-electron chi connectivity index (χ3n) is 6.55. The molecule has 6 rings (SSSR count). The predicted molar refractivity (Wildman–Crippen MR) is 133 cm³/mol. The fraction of sp³-hybridized carbons (Fsp3) is 0.250. The molecule has 3 aliphatic rings. The molecule has 3 heterocycles. The van der Waals surface area contributed by atoms with Crippen LogP contribution in [0.3, 0.4) is 0 Å². The van der Waals surface area contributed by atoms with Crippen LogP contribution in [0.15, 0.2) is 48.2 Å². The van der Waals surface area contributed by atoms with E-state index in [9.17, 15) is 4.79 Å². The summed E-state index contributed by atoms with van der Waals surface area (Å²) >= 11 is 0. The Morgan fingerprint density at radius 3 is 2.51 bits per heavy atom. The number of Topliss-reactive ketones (excluding diaryl/α,β-unsaturated/α-hetero) is 1. The van der Waals surface area contributed by atoms with Crippen molar-refractivity contribution in [2.24, 2.45) is 0 Å². The van der Waals surface area contributed by atoms with Crippen molar-refractivity contribution in [2.75, 3.05) is 34.9 Å². The van der Waals surface area contributed by atoms with Gasteiger partial charge in [0, 0.05) is 18.7 Å². The first-order valence-electron chi connectivity index (χ1n) is 11.7. The Hall–Kier alpha value is -4.37. The number of fused-ring (bicyclic) bond motifs is 4. The van der Waals surface area contributed by atoms with Crippen LogP contribution in [-0.4, -0.2) is 45.5 Å². The van der Waals surface area contributed by atoms with Gasteiger partial charge >= 0.3 is 0 Å². The molecule has 9 heteroatoms. The molecule has 0 fully saturated rings. The number of nitrogens with zero attached hydrogens (tertiary/aromatic N) is 1. The standard InChI is InChI=1S/C28H25NO8/c1-31-22-8-5-17(26(32-2)28(22)33-3)11-24-25(30)18-6-9-20-19(27(18)37-24)13-29(14-34-20)12-16-4-7-21-23(10-16)36-15-35-21/h4-11H,12-15H2,1-3H3/b24-11-. The third kappa shape index (κ3) is 3.97. The highest BCUT2D eigenvalue weighted by atomic mass is 16.7. The van der Waals surface area contributed by atoms with Gasteiger partial charge in [-0.15, -0.1) is 0 Å². The number of rotatable bonds is 6. The van der Waals surface area contributed by atoms with Gasteiger partial charge in [-0.2, -0.15) is 0 Å². The molecule has 0 radical (unpaired) electrons. The zero-order chi connectivity index (χ0) is 25.5. The van der Waals surface area contributed by atoms with Crippen LogP contribution in [0.25, 0.3) is 6.08 Å². The van der Waals surface area contributed by atoms with Crippen molar-refractivity contribution in [1.29, 1.82) is 0 Å². The highest BCUT2D eigenvalue weighted by Gasteiger charge is 2.34. The van der Waals surface area contributed by atoms with Gasteiger partial charge in [0.2, 0.25) is 18.3 Å². The van der Waals surface area contributed by atoms with Gasteiger partial charge in [0.05, 0.1) is 32.5 Å². The molecular formula is C28H25NO8. The first-order valence-corrected chi connectivity index (χ1v) is 11.7. The van der Waals surface area contributed by atoms with Crippen molar-refractivity contribution in [1.82, 2.24) is 4.90 Å². The molecule has 0 atom stereocenters. The number of allylic oxidation sites excluding steroid dienone is 1. The van der Waals surface area contributed by atoms with Crippen molar-refractivity contribution >= 4 is 11.9 Å². The average molecular weight is 504 g/mol. The lowest BCUT2D eigenvalue weighted by atomic mass is 10.0. The average Bonchev–Trinajstić information content (AvgIpc) is 3.52. The topological polar surface area (TPSA) is 84.9 Å². The molecular weight excluding hydrogens is 478 g/mol. The van der Waals surface area contributed by atoms with E-state index in [-0.39, 0.29) is 18.3 Å². The Bertz CT molecular complexity index is 1430. The summed E-state index contributed by atoms with van der Waals surface area (Å²) in [5.74, 6) is 4.11. The van der Waals surface area contributed by atoms with Crippen LogP contribution < -0.4 is 33.2 Å². The van der Waals surface area contributed by atoms with E-state index >= 15 is 0 Å². The van der Waals surface area contributed by atoms with Crippen molar-refractivity contribution in [3.8, 4) is 40.2 Å². The van der Waals surface area contributed by atoms with Crippen molar-refractivity contribution in [2.45, 2.75) is 13.1 Å². The Kier molecular flexibility index (Phi) is 5.77. The van der Waals surface area contributed by atoms with E-state index in [2.05, 4.69) is 4.90 Å². The highest BCUT2D eigenvalue weighted by molar-refractivity contribution is 6.15. The zero-order valence-corrected chi connectivity index (χ0v) is 20.7. The summed E-state index contributed by atoms with van der Waals surface area (Å²) in [6, 6.07) is 13.0. The predicted octanol–water partition coefficient (Wildman–Crippen LogP) is 4.41. The number of benzene rings is 3. The maximum atomic E-state index is 13.3. The molecule has 0 saturated heterocycles. The Morgan fingerprint density at radius 1 is 0.892 bits per heavy atom. The summed E-state index contributed by atoms with van der Waals surface area (Å²) in [7, 11) is 4.62. The van der Waals surface area contributed by atoms with Gasteiger partial charge in [-0.1, -0.05) is 6.07 Å². The molecule has 0 amide bonds. The minimum atomic E-state index is -0.206. The summed E-state index contributed by atoms with van der Waals surface area (Å²) < 4.78 is 39.5. The summed E-state index contributed by atoms with van der Waals surface area (Å²) in [5.41, 5.74) is 3.03. The number of carbonyl (C=O) groups excluding carboxylic acids is 1. The summed E-state index contributed by atoms with van der Waals surface area (Å²) in [6.45, 7) is 1.85. The fourth-order valence-electron chi connectivity index (χ4n) is 4.78. The van der Waals surface area contributed by atoms with Crippen molar-refractivity contribution < 1.29 is 38.0 Å². The van der Waals surface area contributed by atoms with E-state index in [1.807, 2.05) is 24.3 Å². The second-order valence-electron chi connectivity index (χ2n) is 8.73. The minimum Gasteiger partial charge on any atom is -0.493 e. The Labute approximate surface area is 213 Å². The molecule has 0 N–H and O–H groups in total. The molecule has 0 aromatic heterocycles. The monoisotopic (exact) mass is 503 g/mol. The van der Waals surface area contributed by atoms with Gasteiger partial charge in [-0.3, -0.25) is 9.69 Å². The fourth-order valence-corrected chi connectivity index (χ4v) is 4.78. The first kappa shape index (κ1) is 23.1. The quantitative estimate of drug-likeness (QED) is 0.454. The van der Waals surface area contributed by atoms with Crippen molar-refractivity contribution in [3.63, 3.8) is 0 Å². The lowest BCUT2D eigenvalue weighted by Crippen LogP contribution is -2.31. The molecule has 0 unspecified atom stereocenters. The van der Waals surface area contributed by atoms with Crippen LogP contribution in [0.1, 0.15) is 27.0 Å². The molecule has 3 aromatic rings. The van der Waals surface area contributed by atoms with Gasteiger partial charge in [0.25, 0.3) is 0 Å². The van der Waals surface area contributed by atoms with Gasteiger partial charge in [-0.05, 0) is 48.0 Å². The second-order valence-corrected chi connectivity index (χ2v) is 8.73. The molecule has 190 valence electrons. The number of hydrogen-bond donors (Lipinski definition) is 0. The molecule has 3 aliphatic heterocycles. The molecule has 37 heavy (non-hydrogen) atoms. The third-order valence-corrected chi connectivity index (χ3v) is 6.55. The molecule has 0 saturated carbocycles. The van der Waals surface area contributed by atoms with Crippen LogP contribution in [0.4, 0.5) is 0 Å². The SMILES string of the molecule is COc1ccc(/C=C2\Oc3c(ccc4c3CN(Cc3ccc5c(c3)OCO5)CO4)C2=O)c(OC)c1OC. The molecule has 0 aliphatic carbocycles. The van der Waals surface area contributed by atoms with E-state index < -0.39 is 0 Å². The van der Waals surface area contributed by atoms with Gasteiger partial charge < -0.3 is 33.2 Å². The van der Waals surface area contributed by atoms with Crippen LogP contribution in [-0.2, 0) is 13.1 Å². The number of ketones is 1. The second kappa shape index (κ2) is 9.25. The van der Waals surface area contributed by atoms with Crippen LogP contribution in [0.2, 0.25) is 0 Å². The van der Waals surface area contributed by atoms with Crippen LogP contribution in [0.5, 0.6) is 40.2 Å². The molecule has 0 bridgehead atoms. The minimum absolute atomic E-state index is 0.196. The van der Waals surface area contributed by atoms with E-state index in [0.29, 0.717) is 59.7 Å². The number of methoxy groups -OCH3 is 3. The Balaban J connectivity index is 1.28. The number of ether oxygens (including phenoxy) is 7. The van der Waals surface area contributed by atoms with Gasteiger partial charge in [0.15, 0.2) is 28.8 Å². The normalized spacial score (nSPS) is 16.6. The van der Waals surface area contributed by atoms with E-state index in [0.717, 1.165) is 22.6 Å². The molecule has 9 nitrogen and oxygen atoms in total. The highest BCUT2D eigenvalue weighted by Crippen LogP contribution is 2.45. The largest absolute Gasteiger partial charge is 0.493 e. The maximum Gasteiger partial charge on any atom is 0.231 e. The van der Waals surface area contributed by atoms with E-state index in [4.69, 9.17) is 33.2 Å². The Morgan fingerprint density at radius 2 is 1.70 bits per heavy atom. The summed E-state index contributed by atoms with van der Waals surface area (Å²) in [5, 5.41) is 0. The smallest absolute Gasteiger partial charge is 0.231 e. The number of hydrogen-bond acceptors (Lipinski definition) is 9. The van der Waals surface area contributed by atoms with E-state index in [1.54, 1.807) is 31.4 Å². The van der Waals surface area contributed by atoms with Gasteiger partial charge in [-0.25, -0.2) is 0 Å². The lowest BCUT2D eigenvalue weighted by molar-refractivity contribution is 0.0872. The summed E-state index contributed by atoms with van der Waals surface area (Å²) in [4.78, 5) is 15.4. The summed E-state index contributed by atoms with van der Waals surface area (Å²) in [6.07, 6.45) is 1.66. The lowest BCUT2D eigenvalue weighted by Gasteiger charge is -2.29. The zero-order valence-electron chi connectivity index (χ0n) is 20.7. The first-order chi connectivity index (χ1) is 18.1. The molecule has 3 aromatic carbocycles. The van der Waals surface area contributed by atoms with Crippen LogP contribution >= 0.6 is 0 Å². The van der Waals surface area contributed by atoms with E-state index in [1.165, 1.54) is 14.2 Å². The maximum absolute atomic E-state index is 13.3. The van der Waals surface area contributed by atoms with Crippen molar-refractivity contribution in [3.05, 3.63) is 70.5 Å². The van der Waals surface area contributed by atoms with Gasteiger partial charge in [0.1, 0.15) is 18.2 Å².